The summed E-state index contributed by atoms with van der Waals surface area (Å²) in [6.45, 7) is 1.11. The van der Waals surface area contributed by atoms with Crippen LogP contribution in [-0.2, 0) is 14.8 Å². The van der Waals surface area contributed by atoms with Crippen molar-refractivity contribution in [3.63, 3.8) is 0 Å². The molecule has 1 fully saturated rings. The van der Waals surface area contributed by atoms with Crippen LogP contribution in [0.25, 0.3) is 10.9 Å². The Hall–Kier alpha value is -2.94. The van der Waals surface area contributed by atoms with E-state index in [1.165, 1.54) is 15.6 Å². The zero-order valence-electron chi connectivity index (χ0n) is 18.7. The summed E-state index contributed by atoms with van der Waals surface area (Å²) in [6.07, 6.45) is 3.38. The number of benzene rings is 2. The number of para-hydroxylation sites is 1. The van der Waals surface area contributed by atoms with Crippen molar-refractivity contribution < 1.29 is 13.2 Å². The van der Waals surface area contributed by atoms with Crippen LogP contribution < -0.4 is 5.32 Å². The van der Waals surface area contributed by atoms with Crippen LogP contribution in [0.5, 0.6) is 0 Å². The second kappa shape index (κ2) is 9.74. The van der Waals surface area contributed by atoms with Crippen molar-refractivity contribution in [3.05, 3.63) is 89.4 Å². The fraction of sp³-hybridized carbons (Fsp3) is 0.269. The minimum atomic E-state index is -3.55. The Bertz CT molecular complexity index is 1360. The third-order valence-electron chi connectivity index (χ3n) is 6.52. The summed E-state index contributed by atoms with van der Waals surface area (Å²) in [7, 11) is -3.55. The number of rotatable bonds is 7. The second-order valence-corrected chi connectivity index (χ2v) is 11.7. The van der Waals surface area contributed by atoms with Gasteiger partial charge >= 0.3 is 0 Å². The maximum Gasteiger partial charge on any atom is 0.252 e. The number of hydrogen-bond donors (Lipinski definition) is 2. The number of piperidine rings is 1. The maximum absolute atomic E-state index is 13.2. The smallest absolute Gasteiger partial charge is 0.252 e. The molecular weight excluding hydrogens is 466 g/mol. The van der Waals surface area contributed by atoms with Crippen molar-refractivity contribution in [3.8, 4) is 0 Å². The zero-order chi connectivity index (χ0) is 23.5. The quantitative estimate of drug-likeness (QED) is 0.395. The molecule has 0 radical (unpaired) electrons. The Morgan fingerprint density at radius 2 is 1.88 bits per heavy atom. The first-order valence-corrected chi connectivity index (χ1v) is 13.8. The van der Waals surface area contributed by atoms with Crippen molar-refractivity contribution in [2.45, 2.75) is 23.0 Å². The normalized spacial score (nSPS) is 18.1. The van der Waals surface area contributed by atoms with Gasteiger partial charge in [-0.15, -0.1) is 11.3 Å². The fourth-order valence-corrected chi connectivity index (χ4v) is 7.40. The summed E-state index contributed by atoms with van der Waals surface area (Å²) in [6, 6.07) is 21.7. The molecule has 5 rings (SSSR count). The Labute approximate surface area is 203 Å². The molecule has 1 saturated heterocycles. The number of aromatic amines is 1. The molecule has 6 nitrogen and oxygen atoms in total. The number of nitrogens with one attached hydrogen (secondary N) is 2. The van der Waals surface area contributed by atoms with Crippen LogP contribution in [0.2, 0.25) is 0 Å². The summed E-state index contributed by atoms with van der Waals surface area (Å²) in [4.78, 5) is 16.5. The molecule has 3 heterocycles. The molecule has 2 aromatic heterocycles. The number of H-pyrrole nitrogens is 1. The average Bonchev–Trinajstić information content (AvgIpc) is 3.56. The Morgan fingerprint density at radius 3 is 2.68 bits per heavy atom. The predicted molar refractivity (Wildman–Crippen MR) is 135 cm³/mol. The van der Waals surface area contributed by atoms with Crippen molar-refractivity contribution >= 4 is 38.2 Å². The number of sulfonamides is 1. The van der Waals surface area contributed by atoms with Crippen LogP contribution in [0.3, 0.4) is 0 Å². The molecule has 2 unspecified atom stereocenters. The molecule has 34 heavy (non-hydrogen) atoms. The number of carbonyl (C=O) groups excluding carboxylic acids is 1. The second-order valence-electron chi connectivity index (χ2n) is 8.63. The summed E-state index contributed by atoms with van der Waals surface area (Å²) < 4.78 is 27.7. The molecule has 1 amide bonds. The van der Waals surface area contributed by atoms with E-state index in [-0.39, 0.29) is 24.3 Å². The molecule has 2 atom stereocenters. The summed E-state index contributed by atoms with van der Waals surface area (Å²) >= 11 is 1.21. The number of hydrogen-bond acceptors (Lipinski definition) is 4. The van der Waals surface area contributed by atoms with Crippen LogP contribution in [0, 0.1) is 5.92 Å². The Kier molecular flexibility index (Phi) is 6.54. The molecule has 4 aromatic rings. The number of aromatic nitrogens is 1. The van der Waals surface area contributed by atoms with Crippen molar-refractivity contribution in [2.24, 2.45) is 5.92 Å². The molecular formula is C26H27N3O3S2. The van der Waals surface area contributed by atoms with Crippen LogP contribution in [0.4, 0.5) is 0 Å². The number of thiophene rings is 1. The van der Waals surface area contributed by atoms with Gasteiger partial charge in [-0.05, 0) is 41.5 Å². The summed E-state index contributed by atoms with van der Waals surface area (Å²) in [5, 5.41) is 6.03. The Balaban J connectivity index is 1.33. The monoisotopic (exact) mass is 493 g/mol. The lowest BCUT2D eigenvalue weighted by Crippen LogP contribution is -2.45. The van der Waals surface area contributed by atoms with E-state index in [0.717, 1.165) is 22.0 Å². The highest BCUT2D eigenvalue weighted by atomic mass is 32.2. The van der Waals surface area contributed by atoms with Gasteiger partial charge in [0, 0.05) is 42.7 Å². The van der Waals surface area contributed by atoms with Crippen LogP contribution in [0.1, 0.15) is 29.9 Å². The first-order valence-electron chi connectivity index (χ1n) is 11.5. The Morgan fingerprint density at radius 1 is 1.09 bits per heavy atom. The first kappa shape index (κ1) is 22.8. The SMILES string of the molecule is O=C(NCC(c1ccccc1)c1c[nH]c2ccccc12)C1CCCN(S(=O)(=O)c2cccs2)C1. The minimum Gasteiger partial charge on any atom is -0.361 e. The highest BCUT2D eigenvalue weighted by molar-refractivity contribution is 7.91. The van der Waals surface area contributed by atoms with Crippen LogP contribution in [0.15, 0.2) is 82.5 Å². The lowest BCUT2D eigenvalue weighted by atomic mass is 9.90. The topological polar surface area (TPSA) is 82.3 Å². The van der Waals surface area contributed by atoms with E-state index in [0.29, 0.717) is 30.1 Å². The van der Waals surface area contributed by atoms with E-state index in [1.54, 1.807) is 17.5 Å². The fourth-order valence-electron chi connectivity index (χ4n) is 4.73. The van der Waals surface area contributed by atoms with Crippen LogP contribution in [-0.4, -0.2) is 43.2 Å². The highest BCUT2D eigenvalue weighted by Gasteiger charge is 2.34. The van der Waals surface area contributed by atoms with Gasteiger partial charge in [0.1, 0.15) is 4.21 Å². The zero-order valence-corrected chi connectivity index (χ0v) is 20.3. The lowest BCUT2D eigenvalue weighted by Gasteiger charge is -2.31. The third kappa shape index (κ3) is 4.53. The largest absolute Gasteiger partial charge is 0.361 e. The van der Waals surface area contributed by atoms with Gasteiger partial charge in [0.15, 0.2) is 0 Å². The molecule has 0 spiro atoms. The van der Waals surface area contributed by atoms with Gasteiger partial charge in [0.25, 0.3) is 10.0 Å². The van der Waals surface area contributed by atoms with E-state index in [4.69, 9.17) is 0 Å². The maximum atomic E-state index is 13.2. The van der Waals surface area contributed by atoms with Gasteiger partial charge in [0.2, 0.25) is 5.91 Å². The predicted octanol–water partition coefficient (Wildman–Crippen LogP) is 4.58. The van der Waals surface area contributed by atoms with Gasteiger partial charge in [-0.1, -0.05) is 54.6 Å². The molecule has 1 aliphatic rings. The van der Waals surface area contributed by atoms with Gasteiger partial charge < -0.3 is 10.3 Å². The van der Waals surface area contributed by atoms with Crippen molar-refractivity contribution in [1.29, 1.82) is 0 Å². The van der Waals surface area contributed by atoms with Gasteiger partial charge in [-0.25, -0.2) is 8.42 Å². The van der Waals surface area contributed by atoms with E-state index in [1.807, 2.05) is 42.6 Å². The van der Waals surface area contributed by atoms with Crippen molar-refractivity contribution in [1.82, 2.24) is 14.6 Å². The number of fused-ring (bicyclic) bond motifs is 1. The minimum absolute atomic E-state index is 0.0177. The number of amides is 1. The van der Waals surface area contributed by atoms with E-state index in [9.17, 15) is 13.2 Å². The molecule has 0 aliphatic carbocycles. The summed E-state index contributed by atoms with van der Waals surface area (Å²) in [5.74, 6) is -0.467. The highest BCUT2D eigenvalue weighted by Crippen LogP contribution is 2.31. The van der Waals surface area contributed by atoms with Crippen molar-refractivity contribution in [2.75, 3.05) is 19.6 Å². The number of nitrogens with zero attached hydrogens (tertiary/aromatic N) is 1. The molecule has 0 bridgehead atoms. The molecule has 2 N–H and O–H groups in total. The molecule has 2 aromatic carbocycles. The molecule has 8 heteroatoms. The van der Waals surface area contributed by atoms with E-state index in [2.05, 4.69) is 28.5 Å². The third-order valence-corrected chi connectivity index (χ3v) is 9.76. The van der Waals surface area contributed by atoms with Crippen LogP contribution >= 0.6 is 11.3 Å². The average molecular weight is 494 g/mol. The summed E-state index contributed by atoms with van der Waals surface area (Å²) in [5.41, 5.74) is 3.32. The molecule has 0 saturated carbocycles. The van der Waals surface area contributed by atoms with E-state index >= 15 is 0 Å². The van der Waals surface area contributed by atoms with Gasteiger partial charge in [-0.3, -0.25) is 4.79 Å². The van der Waals surface area contributed by atoms with Gasteiger partial charge in [0.05, 0.1) is 5.92 Å². The van der Waals surface area contributed by atoms with E-state index < -0.39 is 10.0 Å². The number of carbonyl (C=O) groups is 1. The molecule has 1 aliphatic heterocycles. The standard InChI is InChI=1S/C26H27N3O3S2/c30-26(20-10-6-14-29(18-20)34(31,32)25-13-7-15-33-25)28-16-22(19-8-2-1-3-9-19)23-17-27-24-12-5-4-11-21(23)24/h1-5,7-9,11-13,15,17,20,22,27H,6,10,14,16,18H2,(H,28,30). The first-order chi connectivity index (χ1) is 16.5. The lowest BCUT2D eigenvalue weighted by molar-refractivity contribution is -0.126. The molecule has 176 valence electrons. The van der Waals surface area contributed by atoms with Gasteiger partial charge in [-0.2, -0.15) is 4.31 Å².